The van der Waals surface area contributed by atoms with Crippen LogP contribution in [0.2, 0.25) is 0 Å². The SMILES string of the molecule is CCCCn1nc(CC(C)C)c2c(N3CCC4(CC3)CC(N)CO4)ncnc21. The highest BCUT2D eigenvalue weighted by atomic mass is 16.5. The van der Waals surface area contributed by atoms with E-state index in [9.17, 15) is 0 Å². The summed E-state index contributed by atoms with van der Waals surface area (Å²) >= 11 is 0. The number of aromatic nitrogens is 4. The number of rotatable bonds is 6. The molecule has 2 aromatic heterocycles. The van der Waals surface area contributed by atoms with Crippen molar-refractivity contribution in [3.8, 4) is 0 Å². The molecule has 4 heterocycles. The van der Waals surface area contributed by atoms with Crippen molar-refractivity contribution in [1.82, 2.24) is 19.7 Å². The Hall–Kier alpha value is -1.73. The van der Waals surface area contributed by atoms with E-state index < -0.39 is 0 Å². The van der Waals surface area contributed by atoms with Gasteiger partial charge in [-0.25, -0.2) is 14.6 Å². The molecule has 1 unspecified atom stereocenters. The molecule has 2 aliphatic rings. The Balaban J connectivity index is 1.64. The van der Waals surface area contributed by atoms with Gasteiger partial charge in [-0.15, -0.1) is 0 Å². The zero-order chi connectivity index (χ0) is 19.7. The largest absolute Gasteiger partial charge is 0.373 e. The van der Waals surface area contributed by atoms with Crippen LogP contribution in [0.3, 0.4) is 0 Å². The fourth-order valence-corrected chi connectivity index (χ4v) is 4.65. The number of nitrogens with zero attached hydrogens (tertiary/aromatic N) is 5. The van der Waals surface area contributed by atoms with E-state index in [-0.39, 0.29) is 11.6 Å². The summed E-state index contributed by atoms with van der Waals surface area (Å²) in [7, 11) is 0. The van der Waals surface area contributed by atoms with E-state index in [1.807, 2.05) is 0 Å². The summed E-state index contributed by atoms with van der Waals surface area (Å²) in [5.74, 6) is 1.59. The lowest BCUT2D eigenvalue weighted by atomic mass is 9.87. The van der Waals surface area contributed by atoms with E-state index in [1.54, 1.807) is 6.33 Å². The fourth-order valence-electron chi connectivity index (χ4n) is 4.65. The number of ether oxygens (including phenoxy) is 1. The molecule has 0 bridgehead atoms. The quantitative estimate of drug-likeness (QED) is 0.822. The van der Waals surface area contributed by atoms with E-state index in [0.29, 0.717) is 12.5 Å². The van der Waals surface area contributed by atoms with Gasteiger partial charge in [-0.1, -0.05) is 27.2 Å². The van der Waals surface area contributed by atoms with Crippen LogP contribution in [0.25, 0.3) is 11.0 Å². The summed E-state index contributed by atoms with van der Waals surface area (Å²) < 4.78 is 8.18. The molecule has 2 aromatic rings. The Morgan fingerprint density at radius 2 is 2.07 bits per heavy atom. The molecule has 1 atom stereocenters. The van der Waals surface area contributed by atoms with E-state index >= 15 is 0 Å². The van der Waals surface area contributed by atoms with Gasteiger partial charge in [-0.2, -0.15) is 5.10 Å². The van der Waals surface area contributed by atoms with Gasteiger partial charge < -0.3 is 15.4 Å². The molecular weight excluding hydrogens is 352 g/mol. The summed E-state index contributed by atoms with van der Waals surface area (Å²) in [5, 5.41) is 6.10. The third-order valence-electron chi connectivity index (χ3n) is 6.12. The minimum Gasteiger partial charge on any atom is -0.373 e. The Labute approximate surface area is 167 Å². The summed E-state index contributed by atoms with van der Waals surface area (Å²) in [6.45, 7) is 10.2. The normalized spacial score (nSPS) is 22.0. The fraction of sp³-hybridized carbons (Fsp3) is 0.762. The topological polar surface area (TPSA) is 82.1 Å². The molecule has 1 spiro atoms. The lowest BCUT2D eigenvalue weighted by molar-refractivity contribution is -0.0148. The van der Waals surface area contributed by atoms with E-state index in [1.165, 1.54) is 0 Å². The molecule has 0 amide bonds. The Bertz CT molecular complexity index is 809. The molecule has 0 saturated carbocycles. The number of hydrogen-bond donors (Lipinski definition) is 1. The van der Waals surface area contributed by atoms with Crippen LogP contribution >= 0.6 is 0 Å². The van der Waals surface area contributed by atoms with Crippen molar-refractivity contribution >= 4 is 16.9 Å². The predicted molar refractivity (Wildman–Crippen MR) is 111 cm³/mol. The molecule has 154 valence electrons. The maximum Gasteiger partial charge on any atom is 0.163 e. The van der Waals surface area contributed by atoms with Crippen LogP contribution in [0.15, 0.2) is 6.33 Å². The second-order valence-electron chi connectivity index (χ2n) is 8.96. The average Bonchev–Trinajstić information content (AvgIpc) is 3.21. The van der Waals surface area contributed by atoms with Crippen molar-refractivity contribution in [2.24, 2.45) is 11.7 Å². The molecule has 2 saturated heterocycles. The smallest absolute Gasteiger partial charge is 0.163 e. The average molecular weight is 387 g/mol. The molecule has 2 N–H and O–H groups in total. The second kappa shape index (κ2) is 7.95. The first-order chi connectivity index (χ1) is 13.5. The summed E-state index contributed by atoms with van der Waals surface area (Å²) in [6, 6.07) is 0.187. The van der Waals surface area contributed by atoms with Crippen LogP contribution in [-0.4, -0.2) is 51.1 Å². The van der Waals surface area contributed by atoms with Crippen LogP contribution in [0.5, 0.6) is 0 Å². The number of piperidine rings is 1. The first kappa shape index (κ1) is 19.6. The first-order valence-electron chi connectivity index (χ1n) is 10.9. The minimum absolute atomic E-state index is 0.0197. The van der Waals surface area contributed by atoms with Crippen molar-refractivity contribution in [2.75, 3.05) is 24.6 Å². The zero-order valence-corrected chi connectivity index (χ0v) is 17.5. The third-order valence-corrected chi connectivity index (χ3v) is 6.12. The summed E-state index contributed by atoms with van der Waals surface area (Å²) in [5.41, 5.74) is 8.19. The molecular formula is C21H34N6O. The number of aryl methyl sites for hydroxylation is 1. The molecule has 2 aliphatic heterocycles. The van der Waals surface area contributed by atoms with Crippen molar-refractivity contribution < 1.29 is 4.74 Å². The lowest BCUT2D eigenvalue weighted by Gasteiger charge is -2.39. The van der Waals surface area contributed by atoms with Gasteiger partial charge in [-0.3, -0.25) is 0 Å². The number of nitrogens with two attached hydrogens (primary N) is 1. The van der Waals surface area contributed by atoms with Crippen molar-refractivity contribution in [2.45, 2.75) is 77.5 Å². The maximum absolute atomic E-state index is 6.10. The zero-order valence-electron chi connectivity index (χ0n) is 17.5. The highest BCUT2D eigenvalue weighted by Gasteiger charge is 2.42. The van der Waals surface area contributed by atoms with E-state index in [2.05, 4.69) is 35.3 Å². The van der Waals surface area contributed by atoms with Crippen LogP contribution in [-0.2, 0) is 17.7 Å². The number of unbranched alkanes of at least 4 members (excludes halogenated alkanes) is 1. The highest BCUT2D eigenvalue weighted by Crippen LogP contribution is 2.38. The molecule has 7 nitrogen and oxygen atoms in total. The first-order valence-corrected chi connectivity index (χ1v) is 10.9. The standard InChI is InChI=1S/C21H34N6O/c1-4-5-8-27-20-18(17(25-27)11-15(2)3)19(23-14-24-20)26-9-6-21(7-10-26)12-16(22)13-28-21/h14-16H,4-13,22H2,1-3H3. The van der Waals surface area contributed by atoms with E-state index in [4.69, 9.17) is 20.6 Å². The summed E-state index contributed by atoms with van der Waals surface area (Å²) in [4.78, 5) is 11.7. The van der Waals surface area contributed by atoms with Gasteiger partial charge in [0.25, 0.3) is 0 Å². The van der Waals surface area contributed by atoms with Gasteiger partial charge in [0, 0.05) is 25.7 Å². The number of fused-ring (bicyclic) bond motifs is 1. The Morgan fingerprint density at radius 1 is 1.29 bits per heavy atom. The van der Waals surface area contributed by atoms with Gasteiger partial charge in [-0.05, 0) is 38.0 Å². The van der Waals surface area contributed by atoms with Gasteiger partial charge in [0.05, 0.1) is 23.3 Å². The van der Waals surface area contributed by atoms with Crippen LogP contribution < -0.4 is 10.6 Å². The maximum atomic E-state index is 6.10. The second-order valence-corrected chi connectivity index (χ2v) is 8.96. The molecule has 0 radical (unpaired) electrons. The van der Waals surface area contributed by atoms with Crippen LogP contribution in [0.4, 0.5) is 5.82 Å². The van der Waals surface area contributed by atoms with Crippen molar-refractivity contribution in [1.29, 1.82) is 0 Å². The lowest BCUT2D eigenvalue weighted by Crippen LogP contribution is -2.45. The predicted octanol–water partition coefficient (Wildman–Crippen LogP) is 2.91. The molecule has 0 aromatic carbocycles. The number of anilines is 1. The van der Waals surface area contributed by atoms with Gasteiger partial charge in [0.2, 0.25) is 0 Å². The van der Waals surface area contributed by atoms with Crippen molar-refractivity contribution in [3.05, 3.63) is 12.0 Å². The molecule has 0 aliphatic carbocycles. The van der Waals surface area contributed by atoms with Gasteiger partial charge >= 0.3 is 0 Å². The van der Waals surface area contributed by atoms with Crippen LogP contribution in [0.1, 0.15) is 58.6 Å². The van der Waals surface area contributed by atoms with Crippen molar-refractivity contribution in [3.63, 3.8) is 0 Å². The van der Waals surface area contributed by atoms with E-state index in [0.717, 1.165) is 80.7 Å². The molecule has 7 heteroatoms. The molecule has 2 fully saturated rings. The molecule has 4 rings (SSSR count). The van der Waals surface area contributed by atoms with Crippen LogP contribution in [0, 0.1) is 5.92 Å². The number of hydrogen-bond acceptors (Lipinski definition) is 6. The van der Waals surface area contributed by atoms with Gasteiger partial charge in [0.1, 0.15) is 12.1 Å². The molecule has 28 heavy (non-hydrogen) atoms. The highest BCUT2D eigenvalue weighted by molar-refractivity contribution is 5.90. The Kier molecular flexibility index (Phi) is 5.56. The summed E-state index contributed by atoms with van der Waals surface area (Å²) in [6.07, 6.45) is 7.91. The van der Waals surface area contributed by atoms with Gasteiger partial charge in [0.15, 0.2) is 5.65 Å². The minimum atomic E-state index is -0.0197. The third kappa shape index (κ3) is 3.74. The Morgan fingerprint density at radius 3 is 2.71 bits per heavy atom. The monoisotopic (exact) mass is 386 g/mol.